The standard InChI is InChI=1S/C29H18N2S/c1-3-11-25-22(7-1)23-8-2-4-12-26(23)31(25)20-16-14-19(15-17-20)21-9-5-10-24-28-27(32-29(21)24)13-6-18-30-28/h1-18H. The largest absolute Gasteiger partial charge is 0.309 e. The second-order valence-corrected chi connectivity index (χ2v) is 9.10. The van der Waals surface area contributed by atoms with Crippen LogP contribution in [0, 0.1) is 0 Å². The molecule has 0 aliphatic carbocycles. The number of para-hydroxylation sites is 2. The molecule has 0 amide bonds. The molecule has 0 saturated heterocycles. The number of hydrogen-bond acceptors (Lipinski definition) is 2. The van der Waals surface area contributed by atoms with E-state index in [9.17, 15) is 0 Å². The van der Waals surface area contributed by atoms with Gasteiger partial charge in [-0.2, -0.15) is 0 Å². The molecule has 0 fully saturated rings. The summed E-state index contributed by atoms with van der Waals surface area (Å²) in [5.74, 6) is 0. The highest BCUT2D eigenvalue weighted by Gasteiger charge is 2.13. The van der Waals surface area contributed by atoms with Crippen LogP contribution in [0.5, 0.6) is 0 Å². The van der Waals surface area contributed by atoms with Crippen molar-refractivity contribution in [1.82, 2.24) is 9.55 Å². The normalized spacial score (nSPS) is 11.8. The molecule has 3 heteroatoms. The van der Waals surface area contributed by atoms with Crippen LogP contribution in [0.4, 0.5) is 0 Å². The van der Waals surface area contributed by atoms with Gasteiger partial charge in [-0.25, -0.2) is 0 Å². The molecule has 3 heterocycles. The van der Waals surface area contributed by atoms with Crippen molar-refractivity contribution in [3.8, 4) is 16.8 Å². The molecule has 0 aliphatic rings. The zero-order valence-corrected chi connectivity index (χ0v) is 18.0. The number of aromatic nitrogens is 2. The number of pyridine rings is 1. The molecule has 0 spiro atoms. The summed E-state index contributed by atoms with van der Waals surface area (Å²) < 4.78 is 4.89. The lowest BCUT2D eigenvalue weighted by molar-refractivity contribution is 1.18. The van der Waals surface area contributed by atoms with Crippen LogP contribution < -0.4 is 0 Å². The monoisotopic (exact) mass is 426 g/mol. The minimum atomic E-state index is 1.09. The maximum Gasteiger partial charge on any atom is 0.0888 e. The molecular formula is C29H18N2S. The van der Waals surface area contributed by atoms with Gasteiger partial charge in [0.15, 0.2) is 0 Å². The summed E-state index contributed by atoms with van der Waals surface area (Å²) in [5, 5.41) is 3.80. The Labute approximate surface area is 189 Å². The van der Waals surface area contributed by atoms with Gasteiger partial charge in [0.05, 0.1) is 21.3 Å². The fraction of sp³-hybridized carbons (Fsp3) is 0. The molecule has 150 valence electrons. The Morgan fingerprint density at radius 3 is 2.03 bits per heavy atom. The van der Waals surface area contributed by atoms with E-state index in [-0.39, 0.29) is 0 Å². The predicted octanol–water partition coefficient (Wildman–Crippen LogP) is 8.21. The second-order valence-electron chi connectivity index (χ2n) is 8.05. The van der Waals surface area contributed by atoms with E-state index in [1.54, 1.807) is 0 Å². The molecule has 0 bridgehead atoms. The summed E-state index contributed by atoms with van der Waals surface area (Å²) >= 11 is 1.82. The summed E-state index contributed by atoms with van der Waals surface area (Å²) in [5.41, 5.74) is 7.23. The maximum absolute atomic E-state index is 4.62. The van der Waals surface area contributed by atoms with Gasteiger partial charge in [0, 0.05) is 32.7 Å². The Balaban J connectivity index is 1.42. The van der Waals surface area contributed by atoms with Crippen molar-refractivity contribution in [3.05, 3.63) is 109 Å². The van der Waals surface area contributed by atoms with Gasteiger partial charge in [-0.3, -0.25) is 4.98 Å². The maximum atomic E-state index is 4.62. The summed E-state index contributed by atoms with van der Waals surface area (Å²) in [7, 11) is 0. The fourth-order valence-electron chi connectivity index (χ4n) is 4.84. The van der Waals surface area contributed by atoms with Crippen molar-refractivity contribution in [3.63, 3.8) is 0 Å². The van der Waals surface area contributed by atoms with E-state index in [4.69, 9.17) is 0 Å². The van der Waals surface area contributed by atoms with Crippen LogP contribution in [0.15, 0.2) is 109 Å². The Kier molecular flexibility index (Phi) is 3.75. The van der Waals surface area contributed by atoms with Crippen molar-refractivity contribution in [2.45, 2.75) is 0 Å². The van der Waals surface area contributed by atoms with Crippen LogP contribution in [-0.2, 0) is 0 Å². The van der Waals surface area contributed by atoms with Gasteiger partial charge in [-0.15, -0.1) is 11.3 Å². The highest BCUT2D eigenvalue weighted by Crippen LogP contribution is 2.39. The molecule has 7 rings (SSSR count). The van der Waals surface area contributed by atoms with Crippen molar-refractivity contribution in [2.75, 3.05) is 0 Å². The third-order valence-corrected chi connectivity index (χ3v) is 7.46. The molecule has 0 atom stereocenters. The molecule has 0 radical (unpaired) electrons. The number of rotatable bonds is 2. The van der Waals surface area contributed by atoms with Crippen LogP contribution >= 0.6 is 11.3 Å². The van der Waals surface area contributed by atoms with Gasteiger partial charge in [0.1, 0.15) is 0 Å². The van der Waals surface area contributed by atoms with Gasteiger partial charge in [-0.1, -0.05) is 66.7 Å². The highest BCUT2D eigenvalue weighted by molar-refractivity contribution is 7.26. The third kappa shape index (κ3) is 2.49. The Morgan fingerprint density at radius 1 is 0.594 bits per heavy atom. The lowest BCUT2D eigenvalue weighted by Gasteiger charge is -2.10. The van der Waals surface area contributed by atoms with E-state index in [0.29, 0.717) is 0 Å². The number of nitrogens with zero attached hydrogens (tertiary/aromatic N) is 2. The second kappa shape index (κ2) is 6.78. The minimum Gasteiger partial charge on any atom is -0.309 e. The summed E-state index contributed by atoms with van der Waals surface area (Å²) in [4.78, 5) is 4.62. The van der Waals surface area contributed by atoms with Crippen molar-refractivity contribution >= 4 is 53.4 Å². The number of hydrogen-bond donors (Lipinski definition) is 0. The van der Waals surface area contributed by atoms with Crippen molar-refractivity contribution in [2.24, 2.45) is 0 Å². The Bertz CT molecular complexity index is 1720. The zero-order chi connectivity index (χ0) is 21.1. The summed E-state index contributed by atoms with van der Waals surface area (Å²) in [6.45, 7) is 0. The van der Waals surface area contributed by atoms with Gasteiger partial charge in [-0.05, 0) is 47.5 Å². The van der Waals surface area contributed by atoms with Crippen LogP contribution in [-0.4, -0.2) is 9.55 Å². The topological polar surface area (TPSA) is 17.8 Å². The van der Waals surface area contributed by atoms with Gasteiger partial charge in [0.2, 0.25) is 0 Å². The fourth-order valence-corrected chi connectivity index (χ4v) is 6.03. The van der Waals surface area contributed by atoms with Crippen LogP contribution in [0.1, 0.15) is 0 Å². The Hall–Kier alpha value is -3.95. The molecule has 7 aromatic rings. The molecular weight excluding hydrogens is 408 g/mol. The first-order chi connectivity index (χ1) is 15.9. The van der Waals surface area contributed by atoms with E-state index in [2.05, 4.69) is 107 Å². The molecule has 3 aromatic heterocycles. The molecule has 0 N–H and O–H groups in total. The highest BCUT2D eigenvalue weighted by atomic mass is 32.1. The van der Waals surface area contributed by atoms with E-state index >= 15 is 0 Å². The van der Waals surface area contributed by atoms with Gasteiger partial charge < -0.3 is 4.57 Å². The van der Waals surface area contributed by atoms with Gasteiger partial charge in [0.25, 0.3) is 0 Å². The molecule has 0 aliphatic heterocycles. The number of benzene rings is 4. The summed E-state index contributed by atoms with van der Waals surface area (Å²) in [6.07, 6.45) is 1.88. The number of thiophene rings is 1. The minimum absolute atomic E-state index is 1.09. The predicted molar refractivity (Wildman–Crippen MR) is 137 cm³/mol. The van der Waals surface area contributed by atoms with Crippen LogP contribution in [0.25, 0.3) is 58.9 Å². The molecule has 2 nitrogen and oxygen atoms in total. The quantitative estimate of drug-likeness (QED) is 0.272. The SMILES string of the molecule is c1cnc2c(c1)sc1c(-c3ccc(-n4c5ccccc5c5ccccc54)cc3)cccc12. The van der Waals surface area contributed by atoms with E-state index < -0.39 is 0 Å². The zero-order valence-electron chi connectivity index (χ0n) is 17.2. The third-order valence-electron chi connectivity index (χ3n) is 6.27. The molecule has 0 saturated carbocycles. The van der Waals surface area contributed by atoms with E-state index in [1.165, 1.54) is 53.4 Å². The molecule has 32 heavy (non-hydrogen) atoms. The first kappa shape index (κ1) is 17.7. The van der Waals surface area contributed by atoms with Crippen LogP contribution in [0.3, 0.4) is 0 Å². The average Bonchev–Trinajstić information content (AvgIpc) is 3.40. The van der Waals surface area contributed by atoms with Crippen LogP contribution in [0.2, 0.25) is 0 Å². The van der Waals surface area contributed by atoms with Crippen molar-refractivity contribution < 1.29 is 0 Å². The molecule has 0 unspecified atom stereocenters. The smallest absolute Gasteiger partial charge is 0.0888 e. The summed E-state index contributed by atoms with van der Waals surface area (Å²) in [6, 6.07) is 36.9. The van der Waals surface area contributed by atoms with Crippen molar-refractivity contribution in [1.29, 1.82) is 0 Å². The Morgan fingerprint density at radius 2 is 1.28 bits per heavy atom. The first-order valence-electron chi connectivity index (χ1n) is 10.7. The number of fused-ring (bicyclic) bond motifs is 6. The van der Waals surface area contributed by atoms with Gasteiger partial charge >= 0.3 is 0 Å². The first-order valence-corrected chi connectivity index (χ1v) is 11.6. The molecule has 4 aromatic carbocycles. The van der Waals surface area contributed by atoms with E-state index in [1.807, 2.05) is 23.6 Å². The lowest BCUT2D eigenvalue weighted by Crippen LogP contribution is -1.93. The average molecular weight is 427 g/mol. The van der Waals surface area contributed by atoms with E-state index in [0.717, 1.165) is 5.52 Å². The lowest BCUT2D eigenvalue weighted by atomic mass is 10.0.